The van der Waals surface area contributed by atoms with Crippen molar-refractivity contribution in [1.82, 2.24) is 9.55 Å². The molecule has 0 unspecified atom stereocenters. The third kappa shape index (κ3) is 3.40. The minimum absolute atomic E-state index is 0.231. The van der Waals surface area contributed by atoms with Crippen molar-refractivity contribution in [1.29, 1.82) is 0 Å². The molecule has 4 nitrogen and oxygen atoms in total. The van der Waals surface area contributed by atoms with Gasteiger partial charge in [0.25, 0.3) is 5.91 Å². The molecule has 22 heavy (non-hydrogen) atoms. The van der Waals surface area contributed by atoms with Crippen molar-refractivity contribution in [3.05, 3.63) is 67.9 Å². The predicted octanol–water partition coefficient (Wildman–Crippen LogP) is 3.41. The van der Waals surface area contributed by atoms with Gasteiger partial charge in [0.05, 0.1) is 11.2 Å². The molecular weight excluding hydrogens is 314 g/mol. The van der Waals surface area contributed by atoms with Gasteiger partial charge in [-0.2, -0.15) is 4.99 Å². The molecule has 2 heterocycles. The number of nitrogens with zero attached hydrogens (tertiary/aromatic N) is 3. The molecule has 1 amide bonds. The van der Waals surface area contributed by atoms with Gasteiger partial charge in [0.1, 0.15) is 4.88 Å². The highest BCUT2D eigenvalue weighted by atomic mass is 32.1. The molecule has 0 aliphatic carbocycles. The molecule has 0 atom stereocenters. The largest absolute Gasteiger partial charge is 0.319 e. The van der Waals surface area contributed by atoms with Crippen LogP contribution in [0.15, 0.2) is 47.0 Å². The minimum Gasteiger partial charge on any atom is -0.319 e. The number of hydrogen-bond acceptors (Lipinski definition) is 4. The summed E-state index contributed by atoms with van der Waals surface area (Å²) in [6.45, 7) is 4.65. The Balaban J connectivity index is 1.86. The lowest BCUT2D eigenvalue weighted by molar-refractivity contribution is 0.100. The molecule has 0 aliphatic heterocycles. The molecule has 0 N–H and O–H groups in total. The van der Waals surface area contributed by atoms with E-state index in [9.17, 15) is 4.79 Å². The Morgan fingerprint density at radius 3 is 2.73 bits per heavy atom. The van der Waals surface area contributed by atoms with Crippen molar-refractivity contribution in [3.63, 3.8) is 0 Å². The Kier molecular flexibility index (Phi) is 4.31. The number of hydrogen-bond donors (Lipinski definition) is 0. The first-order valence-corrected chi connectivity index (χ1v) is 8.52. The molecule has 3 aromatic rings. The van der Waals surface area contributed by atoms with Gasteiger partial charge < -0.3 is 4.57 Å². The second-order valence-corrected chi connectivity index (χ2v) is 7.07. The van der Waals surface area contributed by atoms with Crippen molar-refractivity contribution in [3.8, 4) is 0 Å². The highest BCUT2D eigenvalue weighted by Gasteiger charge is 2.08. The molecular formula is C16H15N3OS2. The standard InChI is InChI=1S/C16H15N3OS2/c1-11-3-5-13(6-4-11)10-19-7-8-21-16(19)18-15(20)14-9-17-12(2)22-14/h3-9H,10H2,1-2H3. The van der Waals surface area contributed by atoms with E-state index in [2.05, 4.69) is 41.2 Å². The first-order valence-electron chi connectivity index (χ1n) is 6.83. The minimum atomic E-state index is -0.231. The smallest absolute Gasteiger partial charge is 0.291 e. The topological polar surface area (TPSA) is 47.2 Å². The molecule has 0 radical (unpaired) electrons. The molecule has 0 saturated heterocycles. The number of aryl methyl sites for hydroxylation is 2. The average molecular weight is 329 g/mol. The van der Waals surface area contributed by atoms with Crippen molar-refractivity contribution >= 4 is 28.6 Å². The number of carbonyl (C=O) groups is 1. The van der Waals surface area contributed by atoms with Crippen molar-refractivity contribution < 1.29 is 4.79 Å². The van der Waals surface area contributed by atoms with Crippen molar-refractivity contribution in [2.45, 2.75) is 20.4 Å². The Morgan fingerprint density at radius 2 is 2.05 bits per heavy atom. The monoisotopic (exact) mass is 329 g/mol. The summed E-state index contributed by atoms with van der Waals surface area (Å²) in [7, 11) is 0. The molecule has 0 saturated carbocycles. The van der Waals surface area contributed by atoms with Gasteiger partial charge in [0, 0.05) is 18.1 Å². The van der Waals surface area contributed by atoms with E-state index >= 15 is 0 Å². The van der Waals surface area contributed by atoms with Crippen LogP contribution in [0.25, 0.3) is 0 Å². The lowest BCUT2D eigenvalue weighted by Gasteiger charge is -2.03. The van der Waals surface area contributed by atoms with Crippen LogP contribution in [0.1, 0.15) is 25.8 Å². The highest BCUT2D eigenvalue weighted by molar-refractivity contribution is 7.13. The normalized spacial score (nSPS) is 11.8. The first-order chi connectivity index (χ1) is 10.6. The average Bonchev–Trinajstić information content (AvgIpc) is 3.11. The molecule has 6 heteroatoms. The zero-order valence-corrected chi connectivity index (χ0v) is 13.9. The quantitative estimate of drug-likeness (QED) is 0.739. The van der Waals surface area contributed by atoms with Gasteiger partial charge in [-0.15, -0.1) is 22.7 Å². The second kappa shape index (κ2) is 6.37. The molecule has 112 valence electrons. The number of thiazole rings is 2. The number of rotatable bonds is 3. The third-order valence-electron chi connectivity index (χ3n) is 3.16. The number of aromatic nitrogens is 2. The molecule has 0 bridgehead atoms. The van der Waals surface area contributed by atoms with Crippen molar-refractivity contribution in [2.24, 2.45) is 4.99 Å². The Hall–Kier alpha value is -2.05. The Labute approximate surface area is 136 Å². The van der Waals surface area contributed by atoms with Gasteiger partial charge in [0.2, 0.25) is 0 Å². The van der Waals surface area contributed by atoms with Gasteiger partial charge in [-0.05, 0) is 19.4 Å². The van der Waals surface area contributed by atoms with E-state index < -0.39 is 0 Å². The lowest BCUT2D eigenvalue weighted by Crippen LogP contribution is -2.16. The summed E-state index contributed by atoms with van der Waals surface area (Å²) in [5, 5.41) is 2.82. The van der Waals surface area contributed by atoms with E-state index in [0.717, 1.165) is 5.01 Å². The maximum Gasteiger partial charge on any atom is 0.291 e. The van der Waals surface area contributed by atoms with Crippen LogP contribution in [0, 0.1) is 13.8 Å². The van der Waals surface area contributed by atoms with Crippen LogP contribution < -0.4 is 4.80 Å². The van der Waals surface area contributed by atoms with Gasteiger partial charge in [-0.25, -0.2) is 4.98 Å². The van der Waals surface area contributed by atoms with Crippen molar-refractivity contribution in [2.75, 3.05) is 0 Å². The predicted molar refractivity (Wildman–Crippen MR) is 89.3 cm³/mol. The van der Waals surface area contributed by atoms with E-state index in [1.165, 1.54) is 33.8 Å². The number of benzene rings is 1. The van der Waals surface area contributed by atoms with Crippen LogP contribution in [0.2, 0.25) is 0 Å². The van der Waals surface area contributed by atoms with Gasteiger partial charge in [0.15, 0.2) is 4.80 Å². The molecule has 0 fully saturated rings. The zero-order valence-electron chi connectivity index (χ0n) is 12.3. The van der Waals surface area contributed by atoms with Gasteiger partial charge in [-0.3, -0.25) is 4.79 Å². The zero-order chi connectivity index (χ0) is 15.5. The second-order valence-electron chi connectivity index (χ2n) is 4.96. The van der Waals surface area contributed by atoms with Crippen LogP contribution in [-0.2, 0) is 6.54 Å². The number of amides is 1. The summed E-state index contributed by atoms with van der Waals surface area (Å²) in [4.78, 5) is 21.8. The summed E-state index contributed by atoms with van der Waals surface area (Å²) in [5.74, 6) is -0.231. The van der Waals surface area contributed by atoms with Crippen LogP contribution in [0.4, 0.5) is 0 Å². The fourth-order valence-corrected chi connectivity index (χ4v) is 3.39. The molecule has 0 spiro atoms. The van der Waals surface area contributed by atoms with Crippen LogP contribution in [0.5, 0.6) is 0 Å². The summed E-state index contributed by atoms with van der Waals surface area (Å²) in [5.41, 5.74) is 2.42. The van der Waals surface area contributed by atoms with E-state index in [1.807, 2.05) is 23.1 Å². The molecule has 3 rings (SSSR count). The molecule has 1 aromatic carbocycles. The SMILES string of the molecule is Cc1ccc(Cn2ccsc2=NC(=O)c2cnc(C)s2)cc1. The molecule has 0 aliphatic rings. The first kappa shape index (κ1) is 14.9. The maximum absolute atomic E-state index is 12.2. The van der Waals surface area contributed by atoms with E-state index in [-0.39, 0.29) is 5.91 Å². The Morgan fingerprint density at radius 1 is 1.27 bits per heavy atom. The van der Waals surface area contributed by atoms with Gasteiger partial charge in [-0.1, -0.05) is 29.8 Å². The lowest BCUT2D eigenvalue weighted by atomic mass is 10.1. The summed E-state index contributed by atoms with van der Waals surface area (Å²) in [6.07, 6.45) is 3.54. The van der Waals surface area contributed by atoms with E-state index in [1.54, 1.807) is 6.20 Å². The maximum atomic E-state index is 12.2. The fourth-order valence-electron chi connectivity index (χ4n) is 2.00. The van der Waals surface area contributed by atoms with E-state index in [0.29, 0.717) is 16.2 Å². The summed E-state index contributed by atoms with van der Waals surface area (Å²) < 4.78 is 1.99. The Bertz CT molecular complexity index is 856. The van der Waals surface area contributed by atoms with Crippen LogP contribution in [0.3, 0.4) is 0 Å². The van der Waals surface area contributed by atoms with Crippen LogP contribution >= 0.6 is 22.7 Å². The van der Waals surface area contributed by atoms with E-state index in [4.69, 9.17) is 0 Å². The summed E-state index contributed by atoms with van der Waals surface area (Å²) in [6, 6.07) is 8.37. The third-order valence-corrected chi connectivity index (χ3v) is 4.86. The van der Waals surface area contributed by atoms with Crippen LogP contribution in [-0.4, -0.2) is 15.5 Å². The fraction of sp³-hybridized carbons (Fsp3) is 0.188. The molecule has 2 aromatic heterocycles. The highest BCUT2D eigenvalue weighted by Crippen LogP contribution is 2.12. The number of carbonyl (C=O) groups excluding carboxylic acids is 1. The summed E-state index contributed by atoms with van der Waals surface area (Å²) >= 11 is 2.83. The van der Waals surface area contributed by atoms with Gasteiger partial charge >= 0.3 is 0 Å².